The average Bonchev–Trinajstić information content (AvgIpc) is 2.75. The highest BCUT2D eigenvalue weighted by Gasteiger charge is 2.28. The van der Waals surface area contributed by atoms with E-state index < -0.39 is 0 Å². The highest BCUT2D eigenvalue weighted by atomic mass is 35.5. The van der Waals surface area contributed by atoms with E-state index in [2.05, 4.69) is 16.7 Å². The standard InChI is InChI=1S/C23H26ClN3O2/c24-18-8-10-19(11-9-18)25-23(29)27-14-12-17(13-15-27)22(28)26-21-7-3-5-16-4-1-2-6-20(16)21/h3,5,7-11,17H,1-2,4,6,12-15H2,(H,25,29)(H,26,28). The number of nitrogens with one attached hydrogen (secondary N) is 2. The van der Waals surface area contributed by atoms with Crippen LogP contribution in [0.25, 0.3) is 0 Å². The van der Waals surface area contributed by atoms with Crippen LogP contribution >= 0.6 is 11.6 Å². The Kier molecular flexibility index (Phi) is 6.05. The van der Waals surface area contributed by atoms with Crippen LogP contribution in [0.5, 0.6) is 0 Å². The second kappa shape index (κ2) is 8.87. The Bertz CT molecular complexity index is 889. The van der Waals surface area contributed by atoms with Crippen molar-refractivity contribution in [3.05, 3.63) is 58.6 Å². The predicted molar refractivity (Wildman–Crippen MR) is 116 cm³/mol. The number of aryl methyl sites for hydroxylation is 1. The molecule has 0 saturated carbocycles. The lowest BCUT2D eigenvalue weighted by atomic mass is 9.90. The minimum Gasteiger partial charge on any atom is -0.326 e. The van der Waals surface area contributed by atoms with Crippen molar-refractivity contribution in [2.75, 3.05) is 23.7 Å². The second-order valence-corrected chi connectivity index (χ2v) is 8.27. The molecule has 2 N–H and O–H groups in total. The number of hydrogen-bond acceptors (Lipinski definition) is 2. The summed E-state index contributed by atoms with van der Waals surface area (Å²) in [6.45, 7) is 1.15. The zero-order valence-corrected chi connectivity index (χ0v) is 17.2. The fourth-order valence-electron chi connectivity index (χ4n) is 4.21. The van der Waals surface area contributed by atoms with Crippen molar-refractivity contribution in [2.24, 2.45) is 5.92 Å². The van der Waals surface area contributed by atoms with Gasteiger partial charge in [0.05, 0.1) is 0 Å². The lowest BCUT2D eigenvalue weighted by molar-refractivity contribution is -0.121. The average molecular weight is 412 g/mol. The van der Waals surface area contributed by atoms with Crippen LogP contribution in [0.4, 0.5) is 16.2 Å². The molecule has 29 heavy (non-hydrogen) atoms. The first-order chi connectivity index (χ1) is 14.1. The lowest BCUT2D eigenvalue weighted by Crippen LogP contribution is -2.43. The first-order valence-electron chi connectivity index (χ1n) is 10.3. The van der Waals surface area contributed by atoms with Crippen LogP contribution in [0.15, 0.2) is 42.5 Å². The molecule has 1 fully saturated rings. The molecule has 0 bridgehead atoms. The van der Waals surface area contributed by atoms with Gasteiger partial charge in [-0.05, 0) is 80.0 Å². The first kappa shape index (κ1) is 19.8. The number of carbonyl (C=O) groups excluding carboxylic acids is 2. The summed E-state index contributed by atoms with van der Waals surface area (Å²) in [5, 5.41) is 6.68. The number of anilines is 2. The van der Waals surface area contributed by atoms with Crippen LogP contribution < -0.4 is 10.6 Å². The van der Waals surface area contributed by atoms with E-state index in [1.165, 1.54) is 24.0 Å². The third-order valence-electron chi connectivity index (χ3n) is 5.90. The van der Waals surface area contributed by atoms with Gasteiger partial charge < -0.3 is 15.5 Å². The molecule has 5 nitrogen and oxygen atoms in total. The second-order valence-electron chi connectivity index (χ2n) is 7.84. The number of urea groups is 1. The molecule has 0 radical (unpaired) electrons. The van der Waals surface area contributed by atoms with E-state index >= 15 is 0 Å². The first-order valence-corrected chi connectivity index (χ1v) is 10.7. The molecular weight excluding hydrogens is 386 g/mol. The molecule has 3 amide bonds. The van der Waals surface area contributed by atoms with Gasteiger partial charge in [-0.3, -0.25) is 4.79 Å². The maximum atomic E-state index is 12.8. The fraction of sp³-hybridized carbons (Fsp3) is 0.391. The van der Waals surface area contributed by atoms with Crippen molar-refractivity contribution < 1.29 is 9.59 Å². The topological polar surface area (TPSA) is 61.4 Å². The third kappa shape index (κ3) is 4.73. The largest absolute Gasteiger partial charge is 0.326 e. The summed E-state index contributed by atoms with van der Waals surface area (Å²) in [6, 6.07) is 13.1. The maximum absolute atomic E-state index is 12.8. The molecule has 0 spiro atoms. The highest BCUT2D eigenvalue weighted by molar-refractivity contribution is 6.30. The van der Waals surface area contributed by atoms with Crippen LogP contribution in [-0.4, -0.2) is 29.9 Å². The summed E-state index contributed by atoms with van der Waals surface area (Å²) in [7, 11) is 0. The highest BCUT2D eigenvalue weighted by Crippen LogP contribution is 2.29. The number of nitrogens with zero attached hydrogens (tertiary/aromatic N) is 1. The number of rotatable bonds is 3. The number of hydrogen-bond donors (Lipinski definition) is 2. The van der Waals surface area contributed by atoms with Crippen LogP contribution in [0.2, 0.25) is 5.02 Å². The van der Waals surface area contributed by atoms with Crippen molar-refractivity contribution in [1.82, 2.24) is 4.90 Å². The van der Waals surface area contributed by atoms with E-state index in [0.29, 0.717) is 36.6 Å². The monoisotopic (exact) mass is 411 g/mol. The molecule has 1 saturated heterocycles. The minimum absolute atomic E-state index is 0.0611. The van der Waals surface area contributed by atoms with E-state index in [1.54, 1.807) is 29.2 Å². The quantitative estimate of drug-likeness (QED) is 0.737. The molecule has 152 valence electrons. The maximum Gasteiger partial charge on any atom is 0.321 e. The summed E-state index contributed by atoms with van der Waals surface area (Å²) >= 11 is 5.88. The van der Waals surface area contributed by atoms with Gasteiger partial charge in [0.15, 0.2) is 0 Å². The van der Waals surface area contributed by atoms with Crippen LogP contribution in [-0.2, 0) is 17.6 Å². The predicted octanol–water partition coefficient (Wildman–Crippen LogP) is 5.10. The molecule has 1 aliphatic carbocycles. The van der Waals surface area contributed by atoms with Crippen molar-refractivity contribution in [3.8, 4) is 0 Å². The summed E-state index contributed by atoms with van der Waals surface area (Å²) in [5.74, 6) is 0.00996. The normalized spacial score (nSPS) is 16.8. The Morgan fingerprint density at radius 2 is 1.66 bits per heavy atom. The van der Waals surface area contributed by atoms with E-state index in [4.69, 9.17) is 11.6 Å². The third-order valence-corrected chi connectivity index (χ3v) is 6.15. The zero-order chi connectivity index (χ0) is 20.2. The van der Waals surface area contributed by atoms with Crippen LogP contribution in [0, 0.1) is 5.92 Å². The molecule has 2 aliphatic rings. The van der Waals surface area contributed by atoms with Crippen molar-refractivity contribution >= 4 is 34.9 Å². The van der Waals surface area contributed by atoms with E-state index in [-0.39, 0.29) is 17.9 Å². The Labute approximate surface area is 176 Å². The van der Waals surface area contributed by atoms with Crippen molar-refractivity contribution in [2.45, 2.75) is 38.5 Å². The molecule has 0 unspecified atom stereocenters. The van der Waals surface area contributed by atoms with Gasteiger partial charge in [-0.1, -0.05) is 23.7 Å². The number of likely N-dealkylation sites (tertiary alicyclic amines) is 1. The number of fused-ring (bicyclic) bond motifs is 1. The van der Waals surface area contributed by atoms with Gasteiger partial charge >= 0.3 is 6.03 Å². The molecular formula is C23H26ClN3O2. The lowest BCUT2D eigenvalue weighted by Gasteiger charge is -2.31. The molecule has 6 heteroatoms. The van der Waals surface area contributed by atoms with E-state index in [1.807, 2.05) is 12.1 Å². The molecule has 1 heterocycles. The minimum atomic E-state index is -0.136. The van der Waals surface area contributed by atoms with Gasteiger partial charge in [0.1, 0.15) is 0 Å². The van der Waals surface area contributed by atoms with Gasteiger partial charge in [-0.15, -0.1) is 0 Å². The van der Waals surface area contributed by atoms with E-state index in [0.717, 1.165) is 18.5 Å². The molecule has 0 atom stereocenters. The molecule has 4 rings (SSSR count). The molecule has 0 aromatic heterocycles. The number of piperidine rings is 1. The molecule has 1 aliphatic heterocycles. The number of benzene rings is 2. The zero-order valence-electron chi connectivity index (χ0n) is 16.4. The summed E-state index contributed by atoms with van der Waals surface area (Å²) in [6.07, 6.45) is 5.89. The Morgan fingerprint density at radius 3 is 2.41 bits per heavy atom. The van der Waals surface area contributed by atoms with Gasteiger partial charge in [0, 0.05) is 35.4 Å². The summed E-state index contributed by atoms with van der Waals surface area (Å²) < 4.78 is 0. The summed E-state index contributed by atoms with van der Waals surface area (Å²) in [5.41, 5.74) is 4.35. The van der Waals surface area contributed by atoms with Crippen LogP contribution in [0.3, 0.4) is 0 Å². The number of carbonyl (C=O) groups is 2. The number of halogens is 1. The molecule has 2 aromatic rings. The fourth-order valence-corrected chi connectivity index (χ4v) is 4.34. The smallest absolute Gasteiger partial charge is 0.321 e. The van der Waals surface area contributed by atoms with Crippen molar-refractivity contribution in [1.29, 1.82) is 0 Å². The Morgan fingerprint density at radius 1 is 0.931 bits per heavy atom. The van der Waals surface area contributed by atoms with Gasteiger partial charge in [-0.25, -0.2) is 4.79 Å². The Hall–Kier alpha value is -2.53. The van der Waals surface area contributed by atoms with Crippen molar-refractivity contribution in [3.63, 3.8) is 0 Å². The summed E-state index contributed by atoms with van der Waals surface area (Å²) in [4.78, 5) is 27.0. The van der Waals surface area contributed by atoms with Crippen LogP contribution in [0.1, 0.15) is 36.8 Å². The Balaban J connectivity index is 1.31. The van der Waals surface area contributed by atoms with Gasteiger partial charge in [-0.2, -0.15) is 0 Å². The van der Waals surface area contributed by atoms with Gasteiger partial charge in [0.2, 0.25) is 5.91 Å². The SMILES string of the molecule is O=C(Nc1cccc2c1CCCC2)C1CCN(C(=O)Nc2ccc(Cl)cc2)CC1. The van der Waals surface area contributed by atoms with Gasteiger partial charge in [0.25, 0.3) is 0 Å². The molecule has 2 aromatic carbocycles. The van der Waals surface area contributed by atoms with E-state index in [9.17, 15) is 9.59 Å². The number of amides is 3.